The Morgan fingerprint density at radius 1 is 1.08 bits per heavy atom. The highest BCUT2D eigenvalue weighted by molar-refractivity contribution is 7.98. The van der Waals surface area contributed by atoms with Crippen LogP contribution in [0.4, 0.5) is 5.69 Å². The number of benzene rings is 2. The van der Waals surface area contributed by atoms with Gasteiger partial charge >= 0.3 is 0 Å². The van der Waals surface area contributed by atoms with Gasteiger partial charge in [-0.1, -0.05) is 41.4 Å². The van der Waals surface area contributed by atoms with E-state index in [9.17, 15) is 9.59 Å². The van der Waals surface area contributed by atoms with Gasteiger partial charge < -0.3 is 10.6 Å². The Hall–Kier alpha value is -1.69. The lowest BCUT2D eigenvalue weighted by Gasteiger charge is -2.18. The maximum atomic E-state index is 12.6. The molecule has 1 atom stereocenters. The second-order valence-electron chi connectivity index (χ2n) is 5.29. The van der Waals surface area contributed by atoms with Crippen LogP contribution in [-0.4, -0.2) is 29.9 Å². The quantitative estimate of drug-likeness (QED) is 0.724. The van der Waals surface area contributed by atoms with Crippen molar-refractivity contribution < 1.29 is 9.59 Å². The number of rotatable bonds is 7. The van der Waals surface area contributed by atoms with Crippen LogP contribution in [0.2, 0.25) is 10.0 Å². The second kappa shape index (κ2) is 9.70. The van der Waals surface area contributed by atoms with Crippen LogP contribution in [-0.2, 0) is 4.79 Å². The maximum absolute atomic E-state index is 12.6. The van der Waals surface area contributed by atoms with E-state index in [0.29, 0.717) is 27.7 Å². The molecule has 0 heterocycles. The van der Waals surface area contributed by atoms with Gasteiger partial charge in [-0.2, -0.15) is 11.8 Å². The zero-order valence-electron chi connectivity index (χ0n) is 13.6. The van der Waals surface area contributed by atoms with Gasteiger partial charge in [-0.3, -0.25) is 9.59 Å². The number of nitrogens with one attached hydrogen (secondary N) is 2. The van der Waals surface area contributed by atoms with Crippen molar-refractivity contribution in [2.45, 2.75) is 12.5 Å². The maximum Gasteiger partial charge on any atom is 0.251 e. The van der Waals surface area contributed by atoms with Gasteiger partial charge in [0.05, 0.1) is 10.0 Å². The van der Waals surface area contributed by atoms with Crippen LogP contribution in [0, 0.1) is 0 Å². The van der Waals surface area contributed by atoms with Crippen LogP contribution in [0.3, 0.4) is 0 Å². The fourth-order valence-corrected chi connectivity index (χ4v) is 2.91. The highest BCUT2D eigenvalue weighted by atomic mass is 35.5. The summed E-state index contributed by atoms with van der Waals surface area (Å²) in [5, 5.41) is 6.33. The van der Waals surface area contributed by atoms with Crippen molar-refractivity contribution in [3.05, 3.63) is 64.1 Å². The highest BCUT2D eigenvalue weighted by Gasteiger charge is 2.21. The number of anilines is 1. The average Bonchev–Trinajstić information content (AvgIpc) is 2.62. The van der Waals surface area contributed by atoms with E-state index in [1.165, 1.54) is 0 Å². The largest absolute Gasteiger partial charge is 0.340 e. The first kappa shape index (κ1) is 19.6. The summed E-state index contributed by atoms with van der Waals surface area (Å²) in [6.45, 7) is 0. The van der Waals surface area contributed by atoms with Crippen LogP contribution < -0.4 is 10.6 Å². The van der Waals surface area contributed by atoms with E-state index in [4.69, 9.17) is 23.2 Å². The monoisotopic (exact) mass is 396 g/mol. The van der Waals surface area contributed by atoms with Crippen LogP contribution in [0.1, 0.15) is 16.8 Å². The van der Waals surface area contributed by atoms with E-state index in [1.807, 2.05) is 12.3 Å². The molecule has 2 amide bonds. The first-order valence-corrected chi connectivity index (χ1v) is 9.77. The topological polar surface area (TPSA) is 58.2 Å². The lowest BCUT2D eigenvalue weighted by atomic mass is 10.1. The van der Waals surface area contributed by atoms with Crippen LogP contribution in [0.15, 0.2) is 48.5 Å². The number of thioether (sulfide) groups is 1. The average molecular weight is 397 g/mol. The smallest absolute Gasteiger partial charge is 0.251 e. The molecule has 0 unspecified atom stereocenters. The summed E-state index contributed by atoms with van der Waals surface area (Å²) in [5.74, 6) is 0.168. The Kier molecular flexibility index (Phi) is 7.62. The van der Waals surface area contributed by atoms with Gasteiger partial charge in [-0.25, -0.2) is 0 Å². The molecule has 0 fully saturated rings. The molecular formula is C18H18Cl2N2O2S. The molecule has 0 spiro atoms. The lowest BCUT2D eigenvalue weighted by molar-refractivity contribution is -0.118. The molecule has 0 radical (unpaired) electrons. The fraction of sp³-hybridized carbons (Fsp3) is 0.222. The molecule has 25 heavy (non-hydrogen) atoms. The number of amides is 2. The molecule has 0 aliphatic heterocycles. The minimum absolute atomic E-state index is 0.281. The molecule has 132 valence electrons. The zero-order chi connectivity index (χ0) is 18.2. The Morgan fingerprint density at radius 3 is 2.44 bits per heavy atom. The number of hydrogen-bond donors (Lipinski definition) is 2. The van der Waals surface area contributed by atoms with Gasteiger partial charge in [-0.05, 0) is 48.8 Å². The van der Waals surface area contributed by atoms with Gasteiger partial charge in [0.25, 0.3) is 5.91 Å². The third-order valence-corrected chi connectivity index (χ3v) is 4.84. The third-order valence-electron chi connectivity index (χ3n) is 3.46. The van der Waals surface area contributed by atoms with Gasteiger partial charge in [-0.15, -0.1) is 0 Å². The Bertz CT molecular complexity index is 741. The summed E-state index contributed by atoms with van der Waals surface area (Å²) >= 11 is 13.5. The van der Waals surface area contributed by atoms with E-state index < -0.39 is 6.04 Å². The lowest BCUT2D eigenvalue weighted by Crippen LogP contribution is -2.44. The van der Waals surface area contributed by atoms with E-state index >= 15 is 0 Å². The van der Waals surface area contributed by atoms with Crippen molar-refractivity contribution in [3.63, 3.8) is 0 Å². The Morgan fingerprint density at radius 2 is 1.80 bits per heavy atom. The normalized spacial score (nSPS) is 11.6. The van der Waals surface area contributed by atoms with Crippen LogP contribution in [0.5, 0.6) is 0 Å². The number of halogens is 2. The van der Waals surface area contributed by atoms with Crippen molar-refractivity contribution in [1.82, 2.24) is 5.32 Å². The van der Waals surface area contributed by atoms with E-state index in [0.717, 1.165) is 5.75 Å². The summed E-state index contributed by atoms with van der Waals surface area (Å²) in [6, 6.07) is 13.0. The predicted octanol–water partition coefficient (Wildman–Crippen LogP) is 4.48. The molecule has 4 nitrogen and oxygen atoms in total. The molecule has 7 heteroatoms. The van der Waals surface area contributed by atoms with Crippen LogP contribution >= 0.6 is 35.0 Å². The molecule has 2 aromatic carbocycles. The van der Waals surface area contributed by atoms with Crippen molar-refractivity contribution >= 4 is 52.5 Å². The van der Waals surface area contributed by atoms with E-state index in [1.54, 1.807) is 54.2 Å². The summed E-state index contributed by atoms with van der Waals surface area (Å²) in [6.07, 6.45) is 2.47. The fourth-order valence-electron chi connectivity index (χ4n) is 2.14. The molecule has 0 aromatic heterocycles. The third kappa shape index (κ3) is 5.96. The molecule has 2 rings (SSSR count). The first-order valence-electron chi connectivity index (χ1n) is 7.62. The van der Waals surface area contributed by atoms with Crippen LogP contribution in [0.25, 0.3) is 0 Å². The molecule has 0 saturated carbocycles. The Balaban J connectivity index is 2.08. The second-order valence-corrected chi connectivity index (χ2v) is 7.09. The summed E-state index contributed by atoms with van der Waals surface area (Å²) in [7, 11) is 0. The van der Waals surface area contributed by atoms with Gasteiger partial charge in [0.15, 0.2) is 0 Å². The highest BCUT2D eigenvalue weighted by Crippen LogP contribution is 2.25. The number of hydrogen-bond acceptors (Lipinski definition) is 3. The molecule has 0 bridgehead atoms. The van der Waals surface area contributed by atoms with Crippen molar-refractivity contribution in [2.75, 3.05) is 17.3 Å². The van der Waals surface area contributed by atoms with Gasteiger partial charge in [0, 0.05) is 11.3 Å². The minimum Gasteiger partial charge on any atom is -0.340 e. The SMILES string of the molecule is CSCC[C@@H](NC(=O)c1ccccc1)C(=O)Nc1ccc(Cl)c(Cl)c1. The molecule has 2 N–H and O–H groups in total. The van der Waals surface area contributed by atoms with E-state index in [-0.39, 0.29) is 11.8 Å². The van der Waals surface area contributed by atoms with Crippen molar-refractivity contribution in [2.24, 2.45) is 0 Å². The minimum atomic E-state index is -0.644. The zero-order valence-corrected chi connectivity index (χ0v) is 15.9. The van der Waals surface area contributed by atoms with Gasteiger partial charge in [0.2, 0.25) is 5.91 Å². The molecule has 2 aromatic rings. The first-order chi connectivity index (χ1) is 12.0. The van der Waals surface area contributed by atoms with E-state index in [2.05, 4.69) is 10.6 Å². The molecule has 0 saturated heterocycles. The predicted molar refractivity (Wildman–Crippen MR) is 106 cm³/mol. The summed E-state index contributed by atoms with van der Waals surface area (Å²) < 4.78 is 0. The molecule has 0 aliphatic rings. The van der Waals surface area contributed by atoms with Crippen molar-refractivity contribution in [3.8, 4) is 0 Å². The number of carbonyl (C=O) groups excluding carboxylic acids is 2. The Labute approximate surface area is 161 Å². The van der Waals surface area contributed by atoms with Gasteiger partial charge in [0.1, 0.15) is 6.04 Å². The standard InChI is InChI=1S/C18H18Cl2N2O2S/c1-25-10-9-16(22-17(23)12-5-3-2-4-6-12)18(24)21-13-7-8-14(19)15(20)11-13/h2-8,11,16H,9-10H2,1H3,(H,21,24)(H,22,23)/t16-/m1/s1. The molecule has 0 aliphatic carbocycles. The summed E-state index contributed by atoms with van der Waals surface area (Å²) in [4.78, 5) is 24.9. The number of carbonyl (C=O) groups is 2. The van der Waals surface area contributed by atoms with Crippen molar-refractivity contribution in [1.29, 1.82) is 0 Å². The molecular weight excluding hydrogens is 379 g/mol. The summed E-state index contributed by atoms with van der Waals surface area (Å²) in [5.41, 5.74) is 1.04.